The maximum absolute atomic E-state index is 13.9. The molecule has 2 fully saturated rings. The van der Waals surface area contributed by atoms with Crippen LogP contribution in [0.5, 0.6) is 5.75 Å². The fourth-order valence-electron chi connectivity index (χ4n) is 4.50. The van der Waals surface area contributed by atoms with Crippen LogP contribution in [-0.2, 0) is 6.61 Å². The molecule has 2 aliphatic rings. The van der Waals surface area contributed by atoms with Crippen LogP contribution in [0.25, 0.3) is 0 Å². The molecule has 3 heterocycles. The molecule has 3 aromatic rings. The minimum atomic E-state index is -0.274. The molecule has 0 bridgehead atoms. The summed E-state index contributed by atoms with van der Waals surface area (Å²) in [6, 6.07) is 14.1. The third kappa shape index (κ3) is 6.27. The highest BCUT2D eigenvalue weighted by Gasteiger charge is 2.20. The summed E-state index contributed by atoms with van der Waals surface area (Å²) < 4.78 is 19.6. The summed E-state index contributed by atoms with van der Waals surface area (Å²) in [5, 5.41) is 4.38. The first kappa shape index (κ1) is 24.0. The van der Waals surface area contributed by atoms with Crippen molar-refractivity contribution >= 4 is 24.1 Å². The molecule has 9 heteroatoms. The summed E-state index contributed by atoms with van der Waals surface area (Å²) in [7, 11) is 0. The smallest absolute Gasteiger partial charge is 0.250 e. The Kier molecular flexibility index (Phi) is 7.85. The van der Waals surface area contributed by atoms with Crippen LogP contribution in [0.2, 0.25) is 0 Å². The van der Waals surface area contributed by atoms with E-state index in [0.717, 1.165) is 57.4 Å². The Morgan fingerprint density at radius 2 is 1.50 bits per heavy atom. The van der Waals surface area contributed by atoms with Crippen LogP contribution in [-0.4, -0.2) is 47.3 Å². The summed E-state index contributed by atoms with van der Waals surface area (Å²) in [5.41, 5.74) is 4.36. The molecule has 0 saturated carbocycles. The Balaban J connectivity index is 1.27. The average Bonchev–Trinajstić information content (AvgIpc) is 2.94. The van der Waals surface area contributed by atoms with Gasteiger partial charge in [0.2, 0.25) is 17.8 Å². The quantitative estimate of drug-likeness (QED) is 0.352. The summed E-state index contributed by atoms with van der Waals surface area (Å²) in [6.07, 6.45) is 8.81. The van der Waals surface area contributed by atoms with Gasteiger partial charge in [-0.15, -0.1) is 0 Å². The molecule has 1 aromatic heterocycles. The van der Waals surface area contributed by atoms with Gasteiger partial charge in [0.25, 0.3) is 0 Å². The number of anilines is 3. The van der Waals surface area contributed by atoms with Crippen LogP contribution in [0.4, 0.5) is 22.2 Å². The van der Waals surface area contributed by atoms with E-state index in [4.69, 9.17) is 9.72 Å². The van der Waals surface area contributed by atoms with Crippen molar-refractivity contribution in [3.8, 4) is 5.75 Å². The number of hydrogen-bond donors (Lipinski definition) is 1. The maximum atomic E-state index is 13.9. The predicted octanol–water partition coefficient (Wildman–Crippen LogP) is 5.02. The van der Waals surface area contributed by atoms with Crippen molar-refractivity contribution in [2.75, 3.05) is 41.4 Å². The van der Waals surface area contributed by atoms with Gasteiger partial charge in [-0.1, -0.05) is 30.3 Å². The maximum Gasteiger partial charge on any atom is 0.250 e. The molecule has 0 atom stereocenters. The van der Waals surface area contributed by atoms with Gasteiger partial charge < -0.3 is 14.5 Å². The van der Waals surface area contributed by atoms with Crippen LogP contribution < -0.4 is 20.0 Å². The highest BCUT2D eigenvalue weighted by Crippen LogP contribution is 2.22. The second-order valence-electron chi connectivity index (χ2n) is 9.18. The van der Waals surface area contributed by atoms with Crippen LogP contribution in [0, 0.1) is 5.82 Å². The van der Waals surface area contributed by atoms with E-state index in [1.54, 1.807) is 24.4 Å². The van der Waals surface area contributed by atoms with Crippen molar-refractivity contribution < 1.29 is 9.13 Å². The monoisotopic (exact) mass is 489 g/mol. The van der Waals surface area contributed by atoms with E-state index in [0.29, 0.717) is 29.2 Å². The number of aromatic nitrogens is 3. The number of halogens is 1. The standard InChI is InChI=1S/C27H32FN7O/c28-24-13-4-3-11-22(24)20-36-23-12-9-10-21(18-23)19-29-33-25-30-26(34-14-5-1-6-15-34)32-27(31-25)35-16-7-2-8-17-35/h3-4,9-13,18-19H,1-2,5-8,14-17,20H2,(H,30,31,32,33)/b29-19-. The van der Waals surface area contributed by atoms with E-state index in [1.165, 1.54) is 18.9 Å². The minimum Gasteiger partial charge on any atom is -0.489 e. The Bertz CT molecular complexity index is 1140. The molecule has 5 rings (SSSR count). The number of rotatable bonds is 8. The third-order valence-electron chi connectivity index (χ3n) is 6.48. The molecule has 8 nitrogen and oxygen atoms in total. The number of piperidine rings is 2. The molecule has 188 valence electrons. The van der Waals surface area contributed by atoms with E-state index in [1.807, 2.05) is 24.3 Å². The van der Waals surface area contributed by atoms with Gasteiger partial charge in [0.05, 0.1) is 6.21 Å². The fourth-order valence-corrected chi connectivity index (χ4v) is 4.50. The van der Waals surface area contributed by atoms with E-state index in [2.05, 4.69) is 30.3 Å². The number of hydrazone groups is 1. The number of nitrogens with one attached hydrogen (secondary N) is 1. The summed E-state index contributed by atoms with van der Waals surface area (Å²) in [4.78, 5) is 18.6. The van der Waals surface area contributed by atoms with Gasteiger partial charge in [0.1, 0.15) is 18.2 Å². The molecule has 0 spiro atoms. The SMILES string of the molecule is Fc1ccccc1COc1cccc(/C=N\Nc2nc(N3CCCCC3)nc(N3CCCCC3)n2)c1. The third-order valence-corrected chi connectivity index (χ3v) is 6.48. The van der Waals surface area contributed by atoms with Gasteiger partial charge in [0.15, 0.2) is 0 Å². The minimum absolute atomic E-state index is 0.162. The van der Waals surface area contributed by atoms with Crippen LogP contribution >= 0.6 is 0 Å². The first-order chi connectivity index (χ1) is 17.7. The van der Waals surface area contributed by atoms with Gasteiger partial charge in [-0.2, -0.15) is 20.1 Å². The predicted molar refractivity (Wildman–Crippen MR) is 140 cm³/mol. The van der Waals surface area contributed by atoms with E-state index in [-0.39, 0.29) is 12.4 Å². The van der Waals surface area contributed by atoms with Crippen molar-refractivity contribution in [3.63, 3.8) is 0 Å². The number of benzene rings is 2. The fraction of sp³-hybridized carbons (Fsp3) is 0.407. The lowest BCUT2D eigenvalue weighted by molar-refractivity contribution is 0.300. The normalized spacial score (nSPS) is 16.4. The van der Waals surface area contributed by atoms with Gasteiger partial charge in [-0.05, 0) is 62.3 Å². The van der Waals surface area contributed by atoms with E-state index >= 15 is 0 Å². The Hall–Kier alpha value is -3.75. The molecule has 0 unspecified atom stereocenters. The molecule has 2 aliphatic heterocycles. The molecule has 0 amide bonds. The second-order valence-corrected chi connectivity index (χ2v) is 9.18. The topological polar surface area (TPSA) is 78.8 Å². The van der Waals surface area contributed by atoms with Crippen LogP contribution in [0.1, 0.15) is 49.7 Å². The highest BCUT2D eigenvalue weighted by molar-refractivity contribution is 5.80. The van der Waals surface area contributed by atoms with Crippen molar-refractivity contribution in [2.24, 2.45) is 5.10 Å². The molecule has 36 heavy (non-hydrogen) atoms. The summed E-state index contributed by atoms with van der Waals surface area (Å²) >= 11 is 0. The lowest BCUT2D eigenvalue weighted by atomic mass is 10.1. The molecule has 0 aliphatic carbocycles. The van der Waals surface area contributed by atoms with Gasteiger partial charge in [-0.3, -0.25) is 0 Å². The number of ether oxygens (including phenoxy) is 1. The van der Waals surface area contributed by atoms with E-state index in [9.17, 15) is 4.39 Å². The summed E-state index contributed by atoms with van der Waals surface area (Å²) in [5.74, 6) is 2.24. The molecule has 2 aromatic carbocycles. The van der Waals surface area contributed by atoms with Crippen LogP contribution in [0.3, 0.4) is 0 Å². The molecule has 2 saturated heterocycles. The number of nitrogens with zero attached hydrogens (tertiary/aromatic N) is 6. The molecule has 1 N–H and O–H groups in total. The number of hydrogen-bond acceptors (Lipinski definition) is 8. The highest BCUT2D eigenvalue weighted by atomic mass is 19.1. The van der Waals surface area contributed by atoms with Crippen molar-refractivity contribution in [1.29, 1.82) is 0 Å². The zero-order valence-electron chi connectivity index (χ0n) is 20.4. The second kappa shape index (κ2) is 11.8. The molecular formula is C27H32FN7O. The van der Waals surface area contributed by atoms with Crippen molar-refractivity contribution in [3.05, 3.63) is 65.5 Å². The largest absolute Gasteiger partial charge is 0.489 e. The van der Waals surface area contributed by atoms with Crippen LogP contribution in [0.15, 0.2) is 53.6 Å². The van der Waals surface area contributed by atoms with Crippen molar-refractivity contribution in [2.45, 2.75) is 45.1 Å². The average molecular weight is 490 g/mol. The lowest BCUT2D eigenvalue weighted by Crippen LogP contribution is -2.34. The molecule has 0 radical (unpaired) electrons. The van der Waals surface area contributed by atoms with Crippen molar-refractivity contribution in [1.82, 2.24) is 15.0 Å². The van der Waals surface area contributed by atoms with Gasteiger partial charge >= 0.3 is 0 Å². The zero-order valence-corrected chi connectivity index (χ0v) is 20.4. The Morgan fingerprint density at radius 3 is 2.17 bits per heavy atom. The Labute approximate surface area is 211 Å². The lowest BCUT2D eigenvalue weighted by Gasteiger charge is -2.30. The molecular weight excluding hydrogens is 457 g/mol. The summed E-state index contributed by atoms with van der Waals surface area (Å²) in [6.45, 7) is 4.02. The van der Waals surface area contributed by atoms with Gasteiger partial charge in [0, 0.05) is 31.7 Å². The Morgan fingerprint density at radius 1 is 0.833 bits per heavy atom. The van der Waals surface area contributed by atoms with E-state index < -0.39 is 0 Å². The first-order valence-electron chi connectivity index (χ1n) is 12.8. The van der Waals surface area contributed by atoms with Gasteiger partial charge in [-0.25, -0.2) is 9.82 Å². The zero-order chi connectivity index (χ0) is 24.6. The first-order valence-corrected chi connectivity index (χ1v) is 12.8.